The molecule has 2 N–H and O–H groups in total. The molecule has 26 heavy (non-hydrogen) atoms. The third-order valence-electron chi connectivity index (χ3n) is 4.67. The molecule has 2 aromatic carbocycles. The summed E-state index contributed by atoms with van der Waals surface area (Å²) in [5, 5.41) is 20.6. The Bertz CT molecular complexity index is 835. The van der Waals surface area contributed by atoms with Gasteiger partial charge in [0.15, 0.2) is 5.60 Å². The molecule has 0 radical (unpaired) electrons. The molecular weight excluding hydrogens is 332 g/mol. The quantitative estimate of drug-likeness (QED) is 0.850. The van der Waals surface area contributed by atoms with Crippen molar-refractivity contribution in [2.45, 2.75) is 25.2 Å². The number of nitrogens with zero attached hydrogens (tertiary/aromatic N) is 2. The first-order valence-corrected chi connectivity index (χ1v) is 8.39. The van der Waals surface area contributed by atoms with E-state index < -0.39 is 11.5 Å². The maximum Gasteiger partial charge on any atom is 0.264 e. The first-order chi connectivity index (χ1) is 12.4. The molecule has 6 nitrogen and oxygen atoms in total. The Morgan fingerprint density at radius 1 is 1.12 bits per heavy atom. The Kier molecular flexibility index (Phi) is 4.80. The Balaban J connectivity index is 2.04. The summed E-state index contributed by atoms with van der Waals surface area (Å²) < 4.78 is 0. The summed E-state index contributed by atoms with van der Waals surface area (Å²) in [6.45, 7) is 0.0848. The molecular formula is C20H22N2O4. The number of amides is 2. The average molecular weight is 354 g/mol. The van der Waals surface area contributed by atoms with Crippen molar-refractivity contribution < 1.29 is 19.8 Å². The summed E-state index contributed by atoms with van der Waals surface area (Å²) in [5.74, 6) is -0.871. The lowest BCUT2D eigenvalue weighted by molar-refractivity contribution is -0.145. The number of hydrogen-bond donors (Lipinski definition) is 2. The lowest BCUT2D eigenvalue weighted by Crippen LogP contribution is -2.43. The van der Waals surface area contributed by atoms with E-state index in [2.05, 4.69) is 0 Å². The van der Waals surface area contributed by atoms with E-state index in [-0.39, 0.29) is 18.9 Å². The number of aliphatic hydroxyl groups excluding tert-OH is 1. The zero-order valence-electron chi connectivity index (χ0n) is 14.8. The zero-order valence-corrected chi connectivity index (χ0v) is 14.8. The van der Waals surface area contributed by atoms with Gasteiger partial charge in [-0.2, -0.15) is 0 Å². The average Bonchev–Trinajstić information content (AvgIpc) is 2.84. The fraction of sp³-hybridized carbons (Fsp3) is 0.300. The fourth-order valence-electron chi connectivity index (χ4n) is 3.17. The van der Waals surface area contributed by atoms with E-state index >= 15 is 0 Å². The third-order valence-corrected chi connectivity index (χ3v) is 4.67. The van der Waals surface area contributed by atoms with Crippen molar-refractivity contribution >= 4 is 17.5 Å². The lowest BCUT2D eigenvalue weighted by Gasteiger charge is -2.24. The van der Waals surface area contributed by atoms with Crippen LogP contribution < -0.4 is 4.90 Å². The normalized spacial score (nSPS) is 18.8. The van der Waals surface area contributed by atoms with Crippen molar-refractivity contribution in [3.8, 4) is 0 Å². The van der Waals surface area contributed by atoms with E-state index in [0.717, 1.165) is 5.56 Å². The van der Waals surface area contributed by atoms with Crippen molar-refractivity contribution in [2.75, 3.05) is 19.0 Å². The Morgan fingerprint density at radius 2 is 1.81 bits per heavy atom. The smallest absolute Gasteiger partial charge is 0.264 e. The molecule has 0 aliphatic carbocycles. The zero-order chi connectivity index (χ0) is 18.9. The van der Waals surface area contributed by atoms with Gasteiger partial charge in [0.2, 0.25) is 5.91 Å². The van der Waals surface area contributed by atoms with Gasteiger partial charge < -0.3 is 20.0 Å². The highest BCUT2D eigenvalue weighted by atomic mass is 16.3. The molecule has 1 atom stereocenters. The number of anilines is 1. The highest BCUT2D eigenvalue weighted by Crippen LogP contribution is 2.43. The molecule has 0 spiro atoms. The minimum atomic E-state index is -1.93. The maximum atomic E-state index is 13.1. The van der Waals surface area contributed by atoms with Gasteiger partial charge in [0.05, 0.1) is 25.3 Å². The number of carbonyl (C=O) groups excluding carboxylic acids is 2. The van der Waals surface area contributed by atoms with Gasteiger partial charge in [-0.15, -0.1) is 0 Å². The molecule has 0 aromatic heterocycles. The summed E-state index contributed by atoms with van der Waals surface area (Å²) in [6, 6.07) is 14.5. The number of carbonyl (C=O) groups is 2. The molecule has 2 aromatic rings. The van der Waals surface area contributed by atoms with Crippen molar-refractivity contribution in [3.05, 3.63) is 65.2 Å². The minimum Gasteiger partial charge on any atom is -0.392 e. The number of rotatable bonds is 5. The molecule has 1 unspecified atom stereocenters. The van der Waals surface area contributed by atoms with Crippen LogP contribution in [-0.4, -0.2) is 41.0 Å². The summed E-state index contributed by atoms with van der Waals surface area (Å²) in [6.07, 6.45) is -0.341. The molecule has 0 bridgehead atoms. The molecule has 1 heterocycles. The van der Waals surface area contributed by atoms with Crippen LogP contribution in [0, 0.1) is 0 Å². The van der Waals surface area contributed by atoms with E-state index in [1.807, 2.05) is 30.3 Å². The van der Waals surface area contributed by atoms with Gasteiger partial charge in [-0.3, -0.25) is 9.59 Å². The Morgan fingerprint density at radius 3 is 2.42 bits per heavy atom. The SMILES string of the molecule is CN(C)C(=O)CC1(O)C(=O)N(Cc2ccccc2)c2ccc(CO)cc21. The van der Waals surface area contributed by atoms with E-state index in [1.165, 1.54) is 9.80 Å². The molecule has 1 aliphatic rings. The third kappa shape index (κ3) is 3.09. The summed E-state index contributed by atoms with van der Waals surface area (Å²) in [4.78, 5) is 28.2. The van der Waals surface area contributed by atoms with E-state index in [4.69, 9.17) is 0 Å². The van der Waals surface area contributed by atoms with Crippen molar-refractivity contribution in [1.29, 1.82) is 0 Å². The van der Waals surface area contributed by atoms with Crippen LogP contribution in [0.2, 0.25) is 0 Å². The Hall–Kier alpha value is -2.70. The van der Waals surface area contributed by atoms with Crippen LogP contribution >= 0.6 is 0 Å². The van der Waals surface area contributed by atoms with Crippen LogP contribution in [0.15, 0.2) is 48.5 Å². The van der Waals surface area contributed by atoms with Crippen LogP contribution in [-0.2, 0) is 28.3 Å². The van der Waals surface area contributed by atoms with Crippen LogP contribution in [0.3, 0.4) is 0 Å². The molecule has 6 heteroatoms. The summed E-state index contributed by atoms with van der Waals surface area (Å²) in [5.41, 5.74) is 0.483. The monoisotopic (exact) mass is 354 g/mol. The van der Waals surface area contributed by atoms with Crippen molar-refractivity contribution in [1.82, 2.24) is 4.90 Å². The molecule has 1 aliphatic heterocycles. The number of fused-ring (bicyclic) bond motifs is 1. The van der Waals surface area contributed by atoms with Crippen LogP contribution in [0.4, 0.5) is 5.69 Å². The molecule has 0 saturated carbocycles. The topological polar surface area (TPSA) is 81.1 Å². The lowest BCUT2D eigenvalue weighted by atomic mass is 9.90. The van der Waals surface area contributed by atoms with E-state index in [1.54, 1.807) is 32.3 Å². The van der Waals surface area contributed by atoms with Gasteiger partial charge in [0.1, 0.15) is 0 Å². The first-order valence-electron chi connectivity index (χ1n) is 8.39. The molecule has 0 saturated heterocycles. The highest BCUT2D eigenvalue weighted by Gasteiger charge is 2.51. The van der Waals surface area contributed by atoms with Crippen LogP contribution in [0.1, 0.15) is 23.1 Å². The molecule has 0 fully saturated rings. The number of benzene rings is 2. The predicted octanol–water partition coefficient (Wildman–Crippen LogP) is 1.39. The maximum absolute atomic E-state index is 13.1. The molecule has 136 valence electrons. The van der Waals surface area contributed by atoms with E-state index in [9.17, 15) is 19.8 Å². The molecule has 2 amide bonds. The summed E-state index contributed by atoms with van der Waals surface area (Å²) in [7, 11) is 3.16. The van der Waals surface area contributed by atoms with E-state index in [0.29, 0.717) is 23.4 Å². The van der Waals surface area contributed by atoms with Gasteiger partial charge in [-0.25, -0.2) is 0 Å². The number of hydrogen-bond acceptors (Lipinski definition) is 4. The second kappa shape index (κ2) is 6.90. The standard InChI is InChI=1S/C20H22N2O4/c1-21(2)18(24)11-20(26)16-10-15(13-23)8-9-17(16)22(19(20)25)12-14-6-4-3-5-7-14/h3-10,23,26H,11-13H2,1-2H3. The van der Waals surface area contributed by atoms with Gasteiger partial charge in [-0.1, -0.05) is 36.4 Å². The van der Waals surface area contributed by atoms with Gasteiger partial charge in [-0.05, 0) is 23.3 Å². The fourth-order valence-corrected chi connectivity index (χ4v) is 3.17. The van der Waals surface area contributed by atoms with Crippen LogP contribution in [0.25, 0.3) is 0 Å². The predicted molar refractivity (Wildman–Crippen MR) is 97.2 cm³/mol. The van der Waals surface area contributed by atoms with Crippen LogP contribution in [0.5, 0.6) is 0 Å². The minimum absolute atomic E-state index is 0.210. The van der Waals surface area contributed by atoms with Gasteiger partial charge >= 0.3 is 0 Å². The largest absolute Gasteiger partial charge is 0.392 e. The summed E-state index contributed by atoms with van der Waals surface area (Å²) >= 11 is 0. The number of aliphatic hydroxyl groups is 2. The van der Waals surface area contributed by atoms with Crippen molar-refractivity contribution in [2.24, 2.45) is 0 Å². The van der Waals surface area contributed by atoms with Gasteiger partial charge in [0, 0.05) is 19.7 Å². The van der Waals surface area contributed by atoms with Gasteiger partial charge in [0.25, 0.3) is 5.91 Å². The second-order valence-electron chi connectivity index (χ2n) is 6.71. The molecule has 3 rings (SSSR count). The highest BCUT2D eigenvalue weighted by molar-refractivity contribution is 6.08. The second-order valence-corrected chi connectivity index (χ2v) is 6.71. The Labute approximate surface area is 152 Å². The first kappa shape index (κ1) is 18.1. The van der Waals surface area contributed by atoms with Crippen molar-refractivity contribution in [3.63, 3.8) is 0 Å².